The fraction of sp³-hybridized carbons (Fsp3) is 0.667. The molecular weight excluding hydrogens is 336 g/mol. The molecule has 152 valence electrons. The van der Waals surface area contributed by atoms with E-state index in [9.17, 15) is 9.59 Å². The predicted molar refractivity (Wildman–Crippen MR) is 112 cm³/mol. The average Bonchev–Trinajstić information content (AvgIpc) is 2.67. The van der Waals surface area contributed by atoms with Crippen molar-refractivity contribution in [3.05, 3.63) is 35.4 Å². The molecule has 0 heterocycles. The largest absolute Gasteiger partial charge is 0.481 e. The second kappa shape index (κ2) is 15.4. The Morgan fingerprint density at radius 1 is 0.704 bits per heavy atom. The number of ketones is 1. The summed E-state index contributed by atoms with van der Waals surface area (Å²) in [6, 6.07) is 7.68. The van der Waals surface area contributed by atoms with Crippen LogP contribution in [-0.2, 0) is 11.2 Å². The summed E-state index contributed by atoms with van der Waals surface area (Å²) >= 11 is 0. The standard InChI is InChI=1S/C24H38O3/c1-2-3-4-5-6-7-8-9-10-11-12-13-14-21-15-17-22(18-16-21)23(25)19-20-24(26)27/h15-18H,2-14,19-20H2,1H3,(H,26,27). The third-order valence-electron chi connectivity index (χ3n) is 5.16. The number of carboxylic acid groups (broad SMARTS) is 1. The predicted octanol–water partition coefficient (Wildman–Crippen LogP) is 6.98. The lowest BCUT2D eigenvalue weighted by Gasteiger charge is -2.05. The summed E-state index contributed by atoms with van der Waals surface area (Å²) in [6.07, 6.45) is 17.3. The normalized spacial score (nSPS) is 10.9. The quantitative estimate of drug-likeness (QED) is 0.236. The molecular formula is C24H38O3. The van der Waals surface area contributed by atoms with Gasteiger partial charge in [-0.25, -0.2) is 0 Å². The third kappa shape index (κ3) is 12.4. The van der Waals surface area contributed by atoms with E-state index in [1.807, 2.05) is 24.3 Å². The number of hydrogen-bond acceptors (Lipinski definition) is 2. The van der Waals surface area contributed by atoms with Crippen LogP contribution in [0.25, 0.3) is 0 Å². The zero-order valence-electron chi connectivity index (χ0n) is 17.2. The Morgan fingerprint density at radius 2 is 1.19 bits per heavy atom. The van der Waals surface area contributed by atoms with Crippen LogP contribution in [0.1, 0.15) is 113 Å². The highest BCUT2D eigenvalue weighted by Gasteiger charge is 2.08. The van der Waals surface area contributed by atoms with Crippen molar-refractivity contribution in [2.45, 2.75) is 103 Å². The number of aryl methyl sites for hydroxylation is 1. The Balaban J connectivity index is 2.02. The van der Waals surface area contributed by atoms with Gasteiger partial charge < -0.3 is 5.11 Å². The van der Waals surface area contributed by atoms with Gasteiger partial charge in [0.15, 0.2) is 5.78 Å². The highest BCUT2D eigenvalue weighted by molar-refractivity contribution is 5.97. The molecule has 1 rings (SSSR count). The van der Waals surface area contributed by atoms with E-state index in [0.29, 0.717) is 5.56 Å². The molecule has 0 saturated heterocycles. The molecule has 0 unspecified atom stereocenters. The first-order valence-electron chi connectivity index (χ1n) is 11.0. The molecule has 0 aliphatic carbocycles. The van der Waals surface area contributed by atoms with E-state index in [2.05, 4.69) is 6.92 Å². The summed E-state index contributed by atoms with van der Waals surface area (Å²) in [6.45, 7) is 2.26. The highest BCUT2D eigenvalue weighted by atomic mass is 16.4. The van der Waals surface area contributed by atoms with Gasteiger partial charge in [-0.1, -0.05) is 102 Å². The monoisotopic (exact) mass is 374 g/mol. The van der Waals surface area contributed by atoms with Crippen molar-refractivity contribution >= 4 is 11.8 Å². The molecule has 0 fully saturated rings. The van der Waals surface area contributed by atoms with Gasteiger partial charge in [0.25, 0.3) is 0 Å². The van der Waals surface area contributed by atoms with Crippen molar-refractivity contribution in [2.75, 3.05) is 0 Å². The van der Waals surface area contributed by atoms with E-state index in [4.69, 9.17) is 5.11 Å². The van der Waals surface area contributed by atoms with E-state index in [1.165, 1.54) is 82.6 Å². The zero-order chi connectivity index (χ0) is 19.7. The van der Waals surface area contributed by atoms with Crippen molar-refractivity contribution in [3.8, 4) is 0 Å². The maximum Gasteiger partial charge on any atom is 0.303 e. The topological polar surface area (TPSA) is 54.4 Å². The maximum atomic E-state index is 11.9. The van der Waals surface area contributed by atoms with Crippen LogP contribution in [0.2, 0.25) is 0 Å². The maximum absolute atomic E-state index is 11.9. The first-order valence-corrected chi connectivity index (χ1v) is 11.0. The molecule has 0 spiro atoms. The smallest absolute Gasteiger partial charge is 0.303 e. The van der Waals surface area contributed by atoms with Crippen LogP contribution in [0, 0.1) is 0 Å². The molecule has 0 bridgehead atoms. The third-order valence-corrected chi connectivity index (χ3v) is 5.16. The summed E-state index contributed by atoms with van der Waals surface area (Å²) in [7, 11) is 0. The fourth-order valence-electron chi connectivity index (χ4n) is 3.39. The number of rotatable bonds is 17. The Hall–Kier alpha value is -1.64. The second-order valence-electron chi connectivity index (χ2n) is 7.65. The molecule has 0 amide bonds. The van der Waals surface area contributed by atoms with Gasteiger partial charge in [0.1, 0.15) is 0 Å². The first-order chi connectivity index (χ1) is 13.1. The van der Waals surface area contributed by atoms with Gasteiger partial charge in [0.2, 0.25) is 0 Å². The van der Waals surface area contributed by atoms with Gasteiger partial charge in [-0.15, -0.1) is 0 Å². The van der Waals surface area contributed by atoms with Crippen LogP contribution in [-0.4, -0.2) is 16.9 Å². The molecule has 0 aliphatic rings. The van der Waals surface area contributed by atoms with Gasteiger partial charge in [0, 0.05) is 12.0 Å². The fourth-order valence-corrected chi connectivity index (χ4v) is 3.39. The van der Waals surface area contributed by atoms with Gasteiger partial charge in [-0.05, 0) is 18.4 Å². The van der Waals surface area contributed by atoms with Crippen LogP contribution < -0.4 is 0 Å². The van der Waals surface area contributed by atoms with Crippen molar-refractivity contribution < 1.29 is 14.7 Å². The van der Waals surface area contributed by atoms with E-state index >= 15 is 0 Å². The number of benzene rings is 1. The van der Waals surface area contributed by atoms with Crippen LogP contribution in [0.4, 0.5) is 0 Å². The second-order valence-corrected chi connectivity index (χ2v) is 7.65. The molecule has 0 saturated carbocycles. The van der Waals surface area contributed by atoms with Crippen LogP contribution in [0.15, 0.2) is 24.3 Å². The number of carboxylic acids is 1. The number of unbranched alkanes of at least 4 members (excludes halogenated alkanes) is 11. The lowest BCUT2D eigenvalue weighted by atomic mass is 10.0. The molecule has 0 atom stereocenters. The van der Waals surface area contributed by atoms with E-state index < -0.39 is 5.97 Å². The molecule has 0 radical (unpaired) electrons. The molecule has 1 aromatic rings. The van der Waals surface area contributed by atoms with Crippen molar-refractivity contribution in [1.29, 1.82) is 0 Å². The lowest BCUT2D eigenvalue weighted by molar-refractivity contribution is -0.136. The molecule has 3 nitrogen and oxygen atoms in total. The molecule has 1 aromatic carbocycles. The molecule has 0 aliphatic heterocycles. The van der Waals surface area contributed by atoms with Crippen molar-refractivity contribution in [1.82, 2.24) is 0 Å². The molecule has 27 heavy (non-hydrogen) atoms. The van der Waals surface area contributed by atoms with Gasteiger partial charge in [-0.2, -0.15) is 0 Å². The minimum absolute atomic E-state index is 0.0768. The van der Waals surface area contributed by atoms with Gasteiger partial charge in [-0.3, -0.25) is 9.59 Å². The van der Waals surface area contributed by atoms with Crippen LogP contribution >= 0.6 is 0 Å². The minimum atomic E-state index is -0.924. The summed E-state index contributed by atoms with van der Waals surface area (Å²) in [4.78, 5) is 22.4. The summed E-state index contributed by atoms with van der Waals surface area (Å²) in [5, 5.41) is 8.64. The molecule has 0 aromatic heterocycles. The number of carbonyl (C=O) groups is 2. The van der Waals surface area contributed by atoms with E-state index in [1.54, 1.807) is 0 Å². The minimum Gasteiger partial charge on any atom is -0.481 e. The summed E-state index contributed by atoms with van der Waals surface area (Å²) < 4.78 is 0. The Morgan fingerprint density at radius 3 is 1.67 bits per heavy atom. The van der Waals surface area contributed by atoms with Gasteiger partial charge in [0.05, 0.1) is 6.42 Å². The molecule has 3 heteroatoms. The number of aliphatic carboxylic acids is 1. The zero-order valence-corrected chi connectivity index (χ0v) is 17.2. The summed E-state index contributed by atoms with van der Waals surface area (Å²) in [5.41, 5.74) is 1.88. The summed E-state index contributed by atoms with van der Waals surface area (Å²) in [5.74, 6) is -1.01. The average molecular weight is 375 g/mol. The SMILES string of the molecule is CCCCCCCCCCCCCCc1ccc(C(=O)CCC(=O)O)cc1. The number of carbonyl (C=O) groups excluding carboxylic acids is 1. The Bertz CT molecular complexity index is 519. The number of Topliss-reactive ketones (excluding diaryl/α,β-unsaturated/α-hetero) is 1. The van der Waals surface area contributed by atoms with Gasteiger partial charge >= 0.3 is 5.97 Å². The Kier molecular flexibility index (Phi) is 13.4. The highest BCUT2D eigenvalue weighted by Crippen LogP contribution is 2.14. The van der Waals surface area contributed by atoms with E-state index in [-0.39, 0.29) is 18.6 Å². The Labute approximate surface area is 165 Å². The van der Waals surface area contributed by atoms with Crippen molar-refractivity contribution in [3.63, 3.8) is 0 Å². The van der Waals surface area contributed by atoms with Crippen LogP contribution in [0.5, 0.6) is 0 Å². The number of hydrogen-bond donors (Lipinski definition) is 1. The van der Waals surface area contributed by atoms with Crippen LogP contribution in [0.3, 0.4) is 0 Å². The first kappa shape index (κ1) is 23.4. The van der Waals surface area contributed by atoms with E-state index in [0.717, 1.165) is 6.42 Å². The molecule has 1 N–H and O–H groups in total. The van der Waals surface area contributed by atoms with Crippen molar-refractivity contribution in [2.24, 2.45) is 0 Å². The lowest BCUT2D eigenvalue weighted by Crippen LogP contribution is -2.03.